The van der Waals surface area contributed by atoms with Crippen LogP contribution in [0.5, 0.6) is 5.75 Å². The molecule has 0 unspecified atom stereocenters. The second-order valence-corrected chi connectivity index (χ2v) is 4.25. The largest absolute Gasteiger partial charge is 0.508 e. The summed E-state index contributed by atoms with van der Waals surface area (Å²) >= 11 is 5.86. The molecule has 0 atom stereocenters. The van der Waals surface area contributed by atoms with Crippen molar-refractivity contribution in [3.05, 3.63) is 58.6 Å². The zero-order valence-electron chi connectivity index (χ0n) is 9.52. The monoisotopic (exact) mass is 258 g/mol. The SMILES string of the molecule is N#Cc1ccc(NCc2cc(Cl)ccc2O)cc1. The number of benzene rings is 2. The van der Waals surface area contributed by atoms with Gasteiger partial charge in [0.05, 0.1) is 11.6 Å². The lowest BCUT2D eigenvalue weighted by Crippen LogP contribution is -1.99. The van der Waals surface area contributed by atoms with E-state index < -0.39 is 0 Å². The third kappa shape index (κ3) is 2.93. The van der Waals surface area contributed by atoms with Gasteiger partial charge in [-0.1, -0.05) is 11.6 Å². The van der Waals surface area contributed by atoms with E-state index in [2.05, 4.69) is 11.4 Å². The second kappa shape index (κ2) is 5.44. The molecule has 0 amide bonds. The molecule has 3 nitrogen and oxygen atoms in total. The van der Waals surface area contributed by atoms with Crippen LogP contribution in [0.3, 0.4) is 0 Å². The number of hydrogen-bond donors (Lipinski definition) is 2. The fraction of sp³-hybridized carbons (Fsp3) is 0.0714. The Balaban J connectivity index is 2.07. The number of aromatic hydroxyl groups is 1. The topological polar surface area (TPSA) is 56.0 Å². The zero-order chi connectivity index (χ0) is 13.0. The Labute approximate surface area is 110 Å². The van der Waals surface area contributed by atoms with Crippen LogP contribution in [0, 0.1) is 11.3 Å². The standard InChI is InChI=1S/C14H11ClN2O/c15-12-3-6-14(18)11(7-12)9-17-13-4-1-10(8-16)2-5-13/h1-7,17-18H,9H2. The molecule has 0 aromatic heterocycles. The Bertz CT molecular complexity index is 588. The minimum absolute atomic E-state index is 0.209. The lowest BCUT2D eigenvalue weighted by molar-refractivity contribution is 0.469. The van der Waals surface area contributed by atoms with Crippen LogP contribution >= 0.6 is 11.6 Å². The van der Waals surface area contributed by atoms with Crippen molar-refractivity contribution in [2.75, 3.05) is 5.32 Å². The number of phenols is 1. The van der Waals surface area contributed by atoms with E-state index in [1.54, 1.807) is 30.3 Å². The molecule has 0 heterocycles. The molecule has 2 aromatic carbocycles. The van der Waals surface area contributed by atoms with Crippen molar-refractivity contribution in [1.82, 2.24) is 0 Å². The predicted molar refractivity (Wildman–Crippen MR) is 71.6 cm³/mol. The van der Waals surface area contributed by atoms with Gasteiger partial charge in [-0.2, -0.15) is 5.26 Å². The van der Waals surface area contributed by atoms with Crippen LogP contribution < -0.4 is 5.32 Å². The Hall–Kier alpha value is -2.18. The molecule has 0 aliphatic rings. The Morgan fingerprint density at radius 1 is 1.17 bits per heavy atom. The molecular weight excluding hydrogens is 248 g/mol. The summed E-state index contributed by atoms with van der Waals surface area (Å²) in [6.07, 6.45) is 0. The van der Waals surface area contributed by atoms with Crippen molar-refractivity contribution in [3.8, 4) is 11.8 Å². The molecule has 18 heavy (non-hydrogen) atoms. The Morgan fingerprint density at radius 3 is 2.56 bits per heavy atom. The summed E-state index contributed by atoms with van der Waals surface area (Å²) in [5.74, 6) is 0.209. The first-order chi connectivity index (χ1) is 8.69. The highest BCUT2D eigenvalue weighted by Crippen LogP contribution is 2.22. The van der Waals surface area contributed by atoms with Gasteiger partial charge in [0, 0.05) is 22.8 Å². The summed E-state index contributed by atoms with van der Waals surface area (Å²) in [6.45, 7) is 0.471. The van der Waals surface area contributed by atoms with Crippen molar-refractivity contribution in [2.24, 2.45) is 0 Å². The molecule has 2 rings (SSSR count). The minimum atomic E-state index is 0.209. The summed E-state index contributed by atoms with van der Waals surface area (Å²) < 4.78 is 0. The van der Waals surface area contributed by atoms with Crippen LogP contribution in [-0.2, 0) is 6.54 Å². The number of nitrogens with zero attached hydrogens (tertiary/aromatic N) is 1. The number of phenolic OH excluding ortho intramolecular Hbond substituents is 1. The molecule has 0 aliphatic carbocycles. The third-order valence-electron chi connectivity index (χ3n) is 2.54. The van der Waals surface area contributed by atoms with Crippen molar-refractivity contribution in [2.45, 2.75) is 6.54 Å². The van der Waals surface area contributed by atoms with Crippen molar-refractivity contribution < 1.29 is 5.11 Å². The fourth-order valence-electron chi connectivity index (χ4n) is 1.56. The second-order valence-electron chi connectivity index (χ2n) is 3.82. The lowest BCUT2D eigenvalue weighted by atomic mass is 10.2. The van der Waals surface area contributed by atoms with E-state index in [-0.39, 0.29) is 5.75 Å². The van der Waals surface area contributed by atoms with Crippen LogP contribution in [0.1, 0.15) is 11.1 Å². The Kier molecular flexibility index (Phi) is 3.71. The van der Waals surface area contributed by atoms with E-state index in [0.717, 1.165) is 11.3 Å². The summed E-state index contributed by atoms with van der Waals surface area (Å²) in [5, 5.41) is 22.1. The number of nitrogens with one attached hydrogen (secondary N) is 1. The molecule has 0 radical (unpaired) electrons. The number of halogens is 1. The summed E-state index contributed by atoms with van der Waals surface area (Å²) in [6, 6.07) is 14.1. The average molecular weight is 259 g/mol. The van der Waals surface area contributed by atoms with Crippen molar-refractivity contribution >= 4 is 17.3 Å². The van der Waals surface area contributed by atoms with Crippen LogP contribution in [0.15, 0.2) is 42.5 Å². The molecule has 2 aromatic rings. The first kappa shape index (κ1) is 12.3. The molecule has 90 valence electrons. The minimum Gasteiger partial charge on any atom is -0.508 e. The van der Waals surface area contributed by atoms with E-state index in [9.17, 15) is 5.11 Å². The van der Waals surface area contributed by atoms with Gasteiger partial charge in [-0.05, 0) is 42.5 Å². The molecule has 0 saturated carbocycles. The fourth-order valence-corrected chi connectivity index (χ4v) is 1.75. The zero-order valence-corrected chi connectivity index (χ0v) is 10.3. The number of nitriles is 1. The van der Waals surface area contributed by atoms with Crippen molar-refractivity contribution in [3.63, 3.8) is 0 Å². The predicted octanol–water partition coefficient (Wildman–Crippen LogP) is 3.53. The van der Waals surface area contributed by atoms with Gasteiger partial charge in [0.25, 0.3) is 0 Å². The highest BCUT2D eigenvalue weighted by Gasteiger charge is 2.02. The number of anilines is 1. The van der Waals surface area contributed by atoms with Crippen molar-refractivity contribution in [1.29, 1.82) is 5.26 Å². The average Bonchev–Trinajstić information content (AvgIpc) is 2.40. The summed E-state index contributed by atoms with van der Waals surface area (Å²) in [7, 11) is 0. The molecule has 0 bridgehead atoms. The molecular formula is C14H11ClN2O. The number of rotatable bonds is 3. The van der Waals surface area contributed by atoms with Gasteiger partial charge in [-0.25, -0.2) is 0 Å². The van der Waals surface area contributed by atoms with Crippen LogP contribution in [0.2, 0.25) is 5.02 Å². The summed E-state index contributed by atoms with van der Waals surface area (Å²) in [5.41, 5.74) is 2.23. The highest BCUT2D eigenvalue weighted by atomic mass is 35.5. The van der Waals surface area contributed by atoms with E-state index in [1.165, 1.54) is 0 Å². The van der Waals surface area contributed by atoms with Crippen LogP contribution in [-0.4, -0.2) is 5.11 Å². The van der Waals surface area contributed by atoms with Gasteiger partial charge >= 0.3 is 0 Å². The maximum atomic E-state index is 9.65. The van der Waals surface area contributed by atoms with Gasteiger partial charge in [-0.3, -0.25) is 0 Å². The smallest absolute Gasteiger partial charge is 0.120 e. The molecule has 0 saturated heterocycles. The molecule has 2 N–H and O–H groups in total. The molecule has 4 heteroatoms. The maximum absolute atomic E-state index is 9.65. The first-order valence-corrected chi connectivity index (χ1v) is 5.78. The lowest BCUT2D eigenvalue weighted by Gasteiger charge is -2.08. The van der Waals surface area contributed by atoms with Crippen LogP contribution in [0.4, 0.5) is 5.69 Å². The van der Waals surface area contributed by atoms with Gasteiger partial charge in [0.15, 0.2) is 0 Å². The number of hydrogen-bond acceptors (Lipinski definition) is 3. The van der Waals surface area contributed by atoms with E-state index in [1.807, 2.05) is 12.1 Å². The quantitative estimate of drug-likeness (QED) is 0.886. The summed E-state index contributed by atoms with van der Waals surface area (Å²) in [4.78, 5) is 0. The highest BCUT2D eigenvalue weighted by molar-refractivity contribution is 6.30. The Morgan fingerprint density at radius 2 is 1.89 bits per heavy atom. The van der Waals surface area contributed by atoms with Gasteiger partial charge < -0.3 is 10.4 Å². The van der Waals surface area contributed by atoms with Gasteiger partial charge in [0.1, 0.15) is 5.75 Å². The third-order valence-corrected chi connectivity index (χ3v) is 2.77. The van der Waals surface area contributed by atoms with Gasteiger partial charge in [0.2, 0.25) is 0 Å². The maximum Gasteiger partial charge on any atom is 0.120 e. The normalized spacial score (nSPS) is 9.78. The molecule has 0 aliphatic heterocycles. The van der Waals surface area contributed by atoms with E-state index in [4.69, 9.17) is 16.9 Å². The molecule has 0 fully saturated rings. The molecule has 0 spiro atoms. The van der Waals surface area contributed by atoms with Gasteiger partial charge in [-0.15, -0.1) is 0 Å². The van der Waals surface area contributed by atoms with E-state index >= 15 is 0 Å². The van der Waals surface area contributed by atoms with E-state index in [0.29, 0.717) is 17.1 Å². The van der Waals surface area contributed by atoms with Crippen LogP contribution in [0.25, 0.3) is 0 Å². The first-order valence-electron chi connectivity index (χ1n) is 5.40.